The minimum absolute atomic E-state index is 0.0474. The van der Waals surface area contributed by atoms with E-state index >= 15 is 0 Å². The molecule has 0 bridgehead atoms. The molecule has 0 fully saturated rings. The van der Waals surface area contributed by atoms with Crippen LogP contribution in [0.4, 0.5) is 0 Å². The Balaban J connectivity index is 1.93. The SMILES string of the molecule is CCN(CC1=CCN(C)CC1)C(=O)C(C)Oc1ccccc1. The summed E-state index contributed by atoms with van der Waals surface area (Å²) in [6.07, 6.45) is 2.81. The van der Waals surface area contributed by atoms with E-state index in [2.05, 4.69) is 18.0 Å². The van der Waals surface area contributed by atoms with Crippen LogP contribution in [0.3, 0.4) is 0 Å². The summed E-state index contributed by atoms with van der Waals surface area (Å²) in [5.74, 6) is 0.782. The van der Waals surface area contributed by atoms with Crippen LogP contribution in [0.15, 0.2) is 42.0 Å². The van der Waals surface area contributed by atoms with Crippen LogP contribution in [-0.4, -0.2) is 55.0 Å². The Morgan fingerprint density at radius 3 is 2.68 bits per heavy atom. The smallest absolute Gasteiger partial charge is 0.263 e. The molecule has 1 aromatic carbocycles. The molecule has 1 aliphatic rings. The van der Waals surface area contributed by atoms with Crippen LogP contribution in [0.25, 0.3) is 0 Å². The van der Waals surface area contributed by atoms with Crippen LogP contribution in [0.2, 0.25) is 0 Å². The Kier molecular flexibility index (Phi) is 6.01. The van der Waals surface area contributed by atoms with Crippen molar-refractivity contribution in [1.82, 2.24) is 9.80 Å². The molecular formula is C18H26N2O2. The Morgan fingerprint density at radius 2 is 2.09 bits per heavy atom. The molecule has 0 saturated carbocycles. The van der Waals surface area contributed by atoms with Gasteiger partial charge in [-0.05, 0) is 39.4 Å². The van der Waals surface area contributed by atoms with E-state index in [1.807, 2.05) is 49.1 Å². The Bertz CT molecular complexity index is 513. The lowest BCUT2D eigenvalue weighted by molar-refractivity contribution is -0.137. The second-order valence-corrected chi connectivity index (χ2v) is 5.80. The number of benzene rings is 1. The van der Waals surface area contributed by atoms with Crippen molar-refractivity contribution in [2.75, 3.05) is 33.2 Å². The molecule has 1 aromatic rings. The quantitative estimate of drug-likeness (QED) is 0.757. The van der Waals surface area contributed by atoms with Crippen molar-refractivity contribution in [2.24, 2.45) is 0 Å². The van der Waals surface area contributed by atoms with E-state index in [4.69, 9.17) is 4.74 Å². The Hall–Kier alpha value is -1.81. The van der Waals surface area contributed by atoms with Gasteiger partial charge in [0.15, 0.2) is 6.10 Å². The van der Waals surface area contributed by atoms with Crippen LogP contribution >= 0.6 is 0 Å². The number of para-hydroxylation sites is 1. The highest BCUT2D eigenvalue weighted by Crippen LogP contribution is 2.15. The average molecular weight is 302 g/mol. The largest absolute Gasteiger partial charge is 0.481 e. The second-order valence-electron chi connectivity index (χ2n) is 5.80. The summed E-state index contributed by atoms with van der Waals surface area (Å²) in [6.45, 7) is 7.29. The topological polar surface area (TPSA) is 32.8 Å². The highest BCUT2D eigenvalue weighted by atomic mass is 16.5. The van der Waals surface area contributed by atoms with E-state index in [-0.39, 0.29) is 5.91 Å². The molecule has 1 aliphatic heterocycles. The second kappa shape index (κ2) is 7.99. The number of carbonyl (C=O) groups excluding carboxylic acids is 1. The number of hydrogen-bond donors (Lipinski definition) is 0. The molecule has 1 heterocycles. The van der Waals surface area contributed by atoms with Gasteiger partial charge in [0.1, 0.15) is 5.75 Å². The first-order chi connectivity index (χ1) is 10.6. The minimum Gasteiger partial charge on any atom is -0.481 e. The number of carbonyl (C=O) groups is 1. The zero-order valence-electron chi connectivity index (χ0n) is 13.8. The molecule has 2 rings (SSSR count). The molecule has 0 aromatic heterocycles. The van der Waals surface area contributed by atoms with Gasteiger partial charge in [0.05, 0.1) is 0 Å². The third-order valence-corrected chi connectivity index (χ3v) is 4.00. The third-order valence-electron chi connectivity index (χ3n) is 4.00. The third kappa shape index (κ3) is 4.60. The first kappa shape index (κ1) is 16.6. The predicted molar refractivity (Wildman–Crippen MR) is 89.0 cm³/mol. The number of likely N-dealkylation sites (N-methyl/N-ethyl adjacent to an activating group) is 2. The van der Waals surface area contributed by atoms with Crippen LogP contribution in [0, 0.1) is 0 Å². The van der Waals surface area contributed by atoms with E-state index in [1.165, 1.54) is 5.57 Å². The van der Waals surface area contributed by atoms with Gasteiger partial charge in [0.25, 0.3) is 5.91 Å². The average Bonchev–Trinajstić information content (AvgIpc) is 2.54. The number of amides is 1. The maximum atomic E-state index is 12.6. The van der Waals surface area contributed by atoms with Gasteiger partial charge in [0.2, 0.25) is 0 Å². The zero-order chi connectivity index (χ0) is 15.9. The summed E-state index contributed by atoms with van der Waals surface area (Å²) >= 11 is 0. The van der Waals surface area contributed by atoms with Crippen molar-refractivity contribution in [3.05, 3.63) is 42.0 Å². The van der Waals surface area contributed by atoms with E-state index < -0.39 is 6.10 Å². The van der Waals surface area contributed by atoms with E-state index in [0.717, 1.165) is 25.3 Å². The monoisotopic (exact) mass is 302 g/mol. The van der Waals surface area contributed by atoms with Crippen molar-refractivity contribution in [3.63, 3.8) is 0 Å². The number of nitrogens with zero attached hydrogens (tertiary/aromatic N) is 2. The fourth-order valence-electron chi connectivity index (χ4n) is 2.56. The highest BCUT2D eigenvalue weighted by Gasteiger charge is 2.22. The summed E-state index contributed by atoms with van der Waals surface area (Å²) < 4.78 is 5.75. The van der Waals surface area contributed by atoms with Gasteiger partial charge in [-0.25, -0.2) is 0 Å². The molecule has 4 heteroatoms. The maximum absolute atomic E-state index is 12.6. The van der Waals surface area contributed by atoms with Gasteiger partial charge in [0, 0.05) is 26.2 Å². The van der Waals surface area contributed by atoms with E-state index in [0.29, 0.717) is 13.1 Å². The van der Waals surface area contributed by atoms with Crippen molar-refractivity contribution in [1.29, 1.82) is 0 Å². The Morgan fingerprint density at radius 1 is 1.36 bits per heavy atom. The highest BCUT2D eigenvalue weighted by molar-refractivity contribution is 5.81. The van der Waals surface area contributed by atoms with Gasteiger partial charge < -0.3 is 14.5 Å². The lowest BCUT2D eigenvalue weighted by Gasteiger charge is -2.29. The number of hydrogen-bond acceptors (Lipinski definition) is 3. The number of rotatable bonds is 6. The molecule has 120 valence electrons. The summed E-state index contributed by atoms with van der Waals surface area (Å²) in [4.78, 5) is 16.7. The molecule has 1 amide bonds. The molecule has 0 aliphatic carbocycles. The lowest BCUT2D eigenvalue weighted by Crippen LogP contribution is -2.42. The number of ether oxygens (including phenoxy) is 1. The van der Waals surface area contributed by atoms with Crippen LogP contribution in [0.5, 0.6) is 5.75 Å². The van der Waals surface area contributed by atoms with Crippen LogP contribution in [0.1, 0.15) is 20.3 Å². The maximum Gasteiger partial charge on any atom is 0.263 e. The van der Waals surface area contributed by atoms with Crippen LogP contribution < -0.4 is 4.74 Å². The molecule has 0 N–H and O–H groups in total. The fourth-order valence-corrected chi connectivity index (χ4v) is 2.56. The summed E-state index contributed by atoms with van der Waals surface area (Å²) in [5, 5.41) is 0. The first-order valence-corrected chi connectivity index (χ1v) is 7.97. The summed E-state index contributed by atoms with van der Waals surface area (Å²) in [5.41, 5.74) is 1.35. The standard InChI is InChI=1S/C18H26N2O2/c1-4-20(14-16-10-12-19(3)13-11-16)18(21)15(2)22-17-8-6-5-7-9-17/h5-10,15H,4,11-14H2,1-3H3. The van der Waals surface area contributed by atoms with Crippen molar-refractivity contribution >= 4 is 5.91 Å². The van der Waals surface area contributed by atoms with Crippen LogP contribution in [-0.2, 0) is 4.79 Å². The van der Waals surface area contributed by atoms with Crippen molar-refractivity contribution < 1.29 is 9.53 Å². The van der Waals surface area contributed by atoms with Gasteiger partial charge in [-0.15, -0.1) is 0 Å². The zero-order valence-corrected chi connectivity index (χ0v) is 13.8. The predicted octanol–water partition coefficient (Wildman–Crippen LogP) is 2.56. The normalized spacial score (nSPS) is 16.8. The fraction of sp³-hybridized carbons (Fsp3) is 0.500. The lowest BCUT2D eigenvalue weighted by atomic mass is 10.1. The van der Waals surface area contributed by atoms with Crippen molar-refractivity contribution in [2.45, 2.75) is 26.4 Å². The van der Waals surface area contributed by atoms with E-state index in [1.54, 1.807) is 0 Å². The first-order valence-electron chi connectivity index (χ1n) is 7.97. The molecular weight excluding hydrogens is 276 g/mol. The van der Waals surface area contributed by atoms with E-state index in [9.17, 15) is 4.79 Å². The molecule has 0 spiro atoms. The van der Waals surface area contributed by atoms with Gasteiger partial charge in [-0.1, -0.05) is 29.8 Å². The van der Waals surface area contributed by atoms with Gasteiger partial charge >= 0.3 is 0 Å². The van der Waals surface area contributed by atoms with Gasteiger partial charge in [-0.2, -0.15) is 0 Å². The van der Waals surface area contributed by atoms with Crippen molar-refractivity contribution in [3.8, 4) is 5.75 Å². The molecule has 0 radical (unpaired) electrons. The minimum atomic E-state index is -0.464. The molecule has 1 atom stereocenters. The molecule has 0 saturated heterocycles. The molecule has 4 nitrogen and oxygen atoms in total. The Labute approximate surface area is 133 Å². The molecule has 22 heavy (non-hydrogen) atoms. The summed E-state index contributed by atoms with van der Waals surface area (Å²) in [7, 11) is 2.12. The molecule has 1 unspecified atom stereocenters. The van der Waals surface area contributed by atoms with Gasteiger partial charge in [-0.3, -0.25) is 4.79 Å². The summed E-state index contributed by atoms with van der Waals surface area (Å²) in [6, 6.07) is 9.50.